The highest BCUT2D eigenvalue weighted by Crippen LogP contribution is 2.21. The number of hydrogen-bond acceptors (Lipinski definition) is 5. The van der Waals surface area contributed by atoms with Gasteiger partial charge < -0.3 is 10.1 Å². The highest BCUT2D eigenvalue weighted by molar-refractivity contribution is 7.89. The maximum atomic E-state index is 13.2. The molecule has 1 heterocycles. The zero-order chi connectivity index (χ0) is 22.4. The van der Waals surface area contributed by atoms with Crippen molar-refractivity contribution in [2.75, 3.05) is 25.0 Å². The number of hydrogen-bond donors (Lipinski definition) is 1. The third kappa shape index (κ3) is 5.86. The first-order valence-corrected chi connectivity index (χ1v) is 11.2. The first kappa shape index (κ1) is 22.8. The fourth-order valence-electron chi connectivity index (χ4n) is 3.20. The topological polar surface area (TPSA) is 92.8 Å². The number of sulfonamides is 1. The number of nitrogens with zero attached hydrogens (tertiary/aromatic N) is 1. The third-order valence-corrected chi connectivity index (χ3v) is 6.70. The minimum atomic E-state index is -3.74. The SMILES string of the molecule is O=C(COC(=O)c1cccc(S(=O)(=O)N2CCCCCC2)c1)Nc1ccc(F)c(F)c1. The number of carbonyl (C=O) groups excluding carboxylic acids is 2. The van der Waals surface area contributed by atoms with E-state index in [0.717, 1.165) is 43.9 Å². The number of benzene rings is 2. The van der Waals surface area contributed by atoms with E-state index in [9.17, 15) is 26.8 Å². The molecule has 0 unspecified atom stereocenters. The van der Waals surface area contributed by atoms with Crippen molar-refractivity contribution in [1.82, 2.24) is 4.31 Å². The minimum absolute atomic E-state index is 0.00508. The lowest BCUT2D eigenvalue weighted by atomic mass is 10.2. The van der Waals surface area contributed by atoms with Crippen LogP contribution in [0.15, 0.2) is 47.4 Å². The molecular weight excluding hydrogens is 430 g/mol. The predicted molar refractivity (Wildman–Crippen MR) is 109 cm³/mol. The Morgan fingerprint density at radius 2 is 1.68 bits per heavy atom. The van der Waals surface area contributed by atoms with Gasteiger partial charge in [0.05, 0.1) is 10.5 Å². The lowest BCUT2D eigenvalue weighted by Crippen LogP contribution is -2.32. The van der Waals surface area contributed by atoms with E-state index in [1.165, 1.54) is 28.6 Å². The molecule has 2 aromatic carbocycles. The van der Waals surface area contributed by atoms with Crippen LogP contribution in [0.25, 0.3) is 0 Å². The van der Waals surface area contributed by atoms with Gasteiger partial charge in [0.1, 0.15) is 0 Å². The Morgan fingerprint density at radius 3 is 2.35 bits per heavy atom. The number of esters is 1. The molecule has 1 saturated heterocycles. The van der Waals surface area contributed by atoms with Crippen molar-refractivity contribution < 1.29 is 31.5 Å². The molecule has 166 valence electrons. The number of carbonyl (C=O) groups is 2. The van der Waals surface area contributed by atoms with Gasteiger partial charge in [0.15, 0.2) is 18.2 Å². The summed E-state index contributed by atoms with van der Waals surface area (Å²) >= 11 is 0. The molecule has 31 heavy (non-hydrogen) atoms. The summed E-state index contributed by atoms with van der Waals surface area (Å²) < 4.78 is 58.2. The van der Waals surface area contributed by atoms with Gasteiger partial charge in [0.25, 0.3) is 5.91 Å². The van der Waals surface area contributed by atoms with Crippen molar-refractivity contribution in [3.63, 3.8) is 0 Å². The average molecular weight is 452 g/mol. The summed E-state index contributed by atoms with van der Waals surface area (Å²) in [7, 11) is -3.74. The maximum absolute atomic E-state index is 13.2. The van der Waals surface area contributed by atoms with Gasteiger partial charge in [-0.05, 0) is 43.2 Å². The second kappa shape index (κ2) is 9.97. The highest BCUT2D eigenvalue weighted by atomic mass is 32.2. The molecule has 0 bridgehead atoms. The van der Waals surface area contributed by atoms with Crippen LogP contribution in [0, 0.1) is 11.6 Å². The number of ether oxygens (including phenoxy) is 1. The molecule has 0 spiro atoms. The van der Waals surface area contributed by atoms with Gasteiger partial charge in [-0.2, -0.15) is 4.31 Å². The van der Waals surface area contributed by atoms with Gasteiger partial charge >= 0.3 is 5.97 Å². The van der Waals surface area contributed by atoms with E-state index in [1.807, 2.05) is 0 Å². The van der Waals surface area contributed by atoms with Crippen LogP contribution in [0.5, 0.6) is 0 Å². The van der Waals surface area contributed by atoms with Gasteiger partial charge in [-0.25, -0.2) is 22.0 Å². The molecule has 0 aromatic heterocycles. The van der Waals surface area contributed by atoms with Crippen molar-refractivity contribution in [3.05, 3.63) is 59.7 Å². The molecule has 0 radical (unpaired) electrons. The van der Waals surface area contributed by atoms with Crippen LogP contribution in [-0.2, 0) is 19.6 Å². The summed E-state index contributed by atoms with van der Waals surface area (Å²) in [4.78, 5) is 24.2. The van der Waals surface area contributed by atoms with Crippen LogP contribution in [0.3, 0.4) is 0 Å². The van der Waals surface area contributed by atoms with Crippen molar-refractivity contribution in [3.8, 4) is 0 Å². The fourth-order valence-corrected chi connectivity index (χ4v) is 4.76. The van der Waals surface area contributed by atoms with Crippen LogP contribution in [0.4, 0.5) is 14.5 Å². The van der Waals surface area contributed by atoms with Gasteiger partial charge in [0.2, 0.25) is 10.0 Å². The second-order valence-electron chi connectivity index (χ2n) is 7.10. The number of amides is 1. The summed E-state index contributed by atoms with van der Waals surface area (Å²) in [6, 6.07) is 8.26. The van der Waals surface area contributed by atoms with Crippen molar-refractivity contribution in [2.45, 2.75) is 30.6 Å². The molecule has 10 heteroatoms. The van der Waals surface area contributed by atoms with Crippen LogP contribution >= 0.6 is 0 Å². The molecule has 0 aliphatic carbocycles. The number of nitrogens with one attached hydrogen (secondary N) is 1. The Kier molecular flexibility index (Phi) is 7.34. The van der Waals surface area contributed by atoms with Crippen LogP contribution < -0.4 is 5.32 Å². The molecule has 1 aliphatic rings. The molecule has 1 fully saturated rings. The monoisotopic (exact) mass is 452 g/mol. The lowest BCUT2D eigenvalue weighted by Gasteiger charge is -2.20. The van der Waals surface area contributed by atoms with Crippen LogP contribution in [-0.4, -0.2) is 44.3 Å². The summed E-state index contributed by atoms with van der Waals surface area (Å²) in [5.74, 6) is -3.82. The Labute approximate surface area is 179 Å². The first-order valence-electron chi connectivity index (χ1n) is 9.79. The van der Waals surface area contributed by atoms with Gasteiger partial charge in [-0.3, -0.25) is 4.79 Å². The average Bonchev–Trinajstić information content (AvgIpc) is 3.05. The van der Waals surface area contributed by atoms with Gasteiger partial charge in [0, 0.05) is 24.8 Å². The van der Waals surface area contributed by atoms with Crippen molar-refractivity contribution in [1.29, 1.82) is 0 Å². The van der Waals surface area contributed by atoms with Crippen LogP contribution in [0.1, 0.15) is 36.0 Å². The Morgan fingerprint density at radius 1 is 0.968 bits per heavy atom. The molecule has 1 aliphatic heterocycles. The molecule has 3 rings (SSSR count). The third-order valence-electron chi connectivity index (χ3n) is 4.81. The Hall–Kier alpha value is -2.85. The molecule has 0 saturated carbocycles. The largest absolute Gasteiger partial charge is 0.452 e. The van der Waals surface area contributed by atoms with E-state index in [-0.39, 0.29) is 16.1 Å². The number of anilines is 1. The molecule has 1 amide bonds. The minimum Gasteiger partial charge on any atom is -0.452 e. The summed E-state index contributed by atoms with van der Waals surface area (Å²) in [5, 5.41) is 2.28. The zero-order valence-corrected chi connectivity index (χ0v) is 17.5. The predicted octanol–water partition coefficient (Wildman–Crippen LogP) is 3.33. The number of rotatable bonds is 6. The quantitative estimate of drug-likeness (QED) is 0.679. The smallest absolute Gasteiger partial charge is 0.338 e. The van der Waals surface area contributed by atoms with Crippen molar-refractivity contribution in [2.24, 2.45) is 0 Å². The summed E-state index contributed by atoms with van der Waals surface area (Å²) in [5.41, 5.74) is -0.0120. The van der Waals surface area contributed by atoms with E-state index in [0.29, 0.717) is 13.1 Å². The van der Waals surface area contributed by atoms with Crippen molar-refractivity contribution >= 4 is 27.6 Å². The highest BCUT2D eigenvalue weighted by Gasteiger charge is 2.26. The molecule has 2 aromatic rings. The van der Waals surface area contributed by atoms with E-state index in [2.05, 4.69) is 5.32 Å². The summed E-state index contributed by atoms with van der Waals surface area (Å²) in [6.45, 7) is 0.184. The van der Waals surface area contributed by atoms with E-state index in [4.69, 9.17) is 4.74 Å². The van der Waals surface area contributed by atoms with E-state index >= 15 is 0 Å². The molecule has 0 atom stereocenters. The molecular formula is C21H22F2N2O5S. The lowest BCUT2D eigenvalue weighted by molar-refractivity contribution is -0.119. The Bertz CT molecular complexity index is 1070. The zero-order valence-electron chi connectivity index (χ0n) is 16.6. The van der Waals surface area contributed by atoms with Crippen LogP contribution in [0.2, 0.25) is 0 Å². The Balaban J connectivity index is 1.63. The first-order chi connectivity index (χ1) is 14.8. The fraction of sp³-hybridized carbons (Fsp3) is 0.333. The maximum Gasteiger partial charge on any atom is 0.338 e. The van der Waals surface area contributed by atoms with E-state index < -0.39 is 40.1 Å². The number of halogens is 2. The normalized spacial score (nSPS) is 15.2. The second-order valence-corrected chi connectivity index (χ2v) is 9.04. The molecule has 7 nitrogen and oxygen atoms in total. The van der Waals surface area contributed by atoms with E-state index in [1.54, 1.807) is 0 Å². The molecule has 1 N–H and O–H groups in total. The summed E-state index contributed by atoms with van der Waals surface area (Å²) in [6.07, 6.45) is 3.53. The van der Waals surface area contributed by atoms with Gasteiger partial charge in [-0.15, -0.1) is 0 Å². The van der Waals surface area contributed by atoms with Gasteiger partial charge in [-0.1, -0.05) is 18.9 Å². The standard InChI is InChI=1S/C21H22F2N2O5S/c22-18-9-8-16(13-19(18)23)24-20(26)14-30-21(27)15-6-5-7-17(12-15)31(28,29)25-10-3-1-2-4-11-25/h5-9,12-13H,1-4,10-11,14H2,(H,24,26).